The summed E-state index contributed by atoms with van der Waals surface area (Å²) < 4.78 is 51.4. The maximum Gasteiger partial charge on any atom is 0.416 e. The minimum atomic E-state index is -4.54. The number of esters is 2. The minimum absolute atomic E-state index is 0.0231. The lowest BCUT2D eigenvalue weighted by atomic mass is 9.71. The van der Waals surface area contributed by atoms with E-state index in [4.69, 9.17) is 21.1 Å². The van der Waals surface area contributed by atoms with E-state index in [0.717, 1.165) is 12.5 Å². The molecular formula is C26H25ClF3N5O4. The monoisotopic (exact) mass is 563 g/mol. The van der Waals surface area contributed by atoms with Crippen molar-refractivity contribution < 1.29 is 32.2 Å². The van der Waals surface area contributed by atoms with Crippen molar-refractivity contribution in [2.24, 2.45) is 0 Å². The van der Waals surface area contributed by atoms with E-state index < -0.39 is 29.2 Å². The number of carbonyl (C=O) groups excluding carboxylic acids is 2. The van der Waals surface area contributed by atoms with Crippen molar-refractivity contribution >= 4 is 29.5 Å². The fraction of sp³-hybridized carbons (Fsp3) is 0.385. The molecule has 0 bridgehead atoms. The molecule has 9 nitrogen and oxygen atoms in total. The van der Waals surface area contributed by atoms with Gasteiger partial charge in [0.1, 0.15) is 0 Å². The highest BCUT2D eigenvalue weighted by Gasteiger charge is 2.41. The van der Waals surface area contributed by atoms with Crippen LogP contribution in [0.5, 0.6) is 0 Å². The Labute approximate surface area is 227 Å². The minimum Gasteiger partial charge on any atom is -0.462 e. The zero-order valence-electron chi connectivity index (χ0n) is 20.9. The van der Waals surface area contributed by atoms with Crippen molar-refractivity contribution in [1.82, 2.24) is 19.9 Å². The van der Waals surface area contributed by atoms with Gasteiger partial charge in [0.2, 0.25) is 11.2 Å². The van der Waals surface area contributed by atoms with Crippen LogP contribution in [-0.4, -0.2) is 45.1 Å². The van der Waals surface area contributed by atoms with Gasteiger partial charge in [-0.3, -0.25) is 0 Å². The molecule has 0 spiro atoms. The normalized spacial score (nSPS) is 14.3. The van der Waals surface area contributed by atoms with E-state index in [-0.39, 0.29) is 54.0 Å². The summed E-state index contributed by atoms with van der Waals surface area (Å²) in [7, 11) is 0. The maximum absolute atomic E-state index is 13.8. The zero-order chi connectivity index (χ0) is 28.0. The number of hydrogen-bond donors (Lipinski definition) is 1. The van der Waals surface area contributed by atoms with Gasteiger partial charge < -0.3 is 14.8 Å². The van der Waals surface area contributed by atoms with Gasteiger partial charge in [-0.25, -0.2) is 29.5 Å². The van der Waals surface area contributed by atoms with E-state index in [0.29, 0.717) is 18.4 Å². The number of carbonyl (C=O) groups is 2. The average Bonchev–Trinajstić information content (AvgIpc) is 2.89. The molecule has 1 aliphatic carbocycles. The predicted molar refractivity (Wildman–Crippen MR) is 134 cm³/mol. The second kappa shape index (κ2) is 11.9. The Kier molecular flexibility index (Phi) is 8.63. The van der Waals surface area contributed by atoms with Gasteiger partial charge in [-0.1, -0.05) is 12.1 Å². The summed E-state index contributed by atoms with van der Waals surface area (Å²) in [5.74, 6) is -0.979. The fourth-order valence-electron chi connectivity index (χ4n) is 4.25. The Balaban J connectivity index is 1.47. The second-order valence-electron chi connectivity index (χ2n) is 8.93. The molecule has 39 heavy (non-hydrogen) atoms. The molecule has 13 heteroatoms. The van der Waals surface area contributed by atoms with Gasteiger partial charge in [0, 0.05) is 24.8 Å². The van der Waals surface area contributed by atoms with Crippen LogP contribution in [0.15, 0.2) is 43.0 Å². The maximum atomic E-state index is 13.8. The van der Waals surface area contributed by atoms with Crippen molar-refractivity contribution in [3.63, 3.8) is 0 Å². The van der Waals surface area contributed by atoms with Gasteiger partial charge >= 0.3 is 18.1 Å². The lowest BCUT2D eigenvalue weighted by molar-refractivity contribution is -0.138. The van der Waals surface area contributed by atoms with Crippen LogP contribution in [0.4, 0.5) is 19.1 Å². The van der Waals surface area contributed by atoms with E-state index in [1.807, 2.05) is 0 Å². The lowest BCUT2D eigenvalue weighted by Gasteiger charge is -2.43. The quantitative estimate of drug-likeness (QED) is 0.197. The molecule has 3 aromatic rings. The van der Waals surface area contributed by atoms with Gasteiger partial charge in [0.05, 0.1) is 35.4 Å². The summed E-state index contributed by atoms with van der Waals surface area (Å²) in [6, 6.07) is 4.08. The smallest absolute Gasteiger partial charge is 0.416 e. The number of anilines is 1. The number of nitrogens with zero attached hydrogens (tertiary/aromatic N) is 4. The molecule has 1 aliphatic rings. The zero-order valence-corrected chi connectivity index (χ0v) is 21.7. The lowest BCUT2D eigenvalue weighted by Crippen LogP contribution is -2.42. The van der Waals surface area contributed by atoms with Crippen LogP contribution in [0.3, 0.4) is 0 Å². The highest BCUT2D eigenvalue weighted by molar-refractivity contribution is 6.28. The van der Waals surface area contributed by atoms with E-state index in [1.54, 1.807) is 6.92 Å². The Hall–Kier alpha value is -3.80. The number of ether oxygens (including phenoxy) is 2. The van der Waals surface area contributed by atoms with Crippen LogP contribution in [0.25, 0.3) is 0 Å². The van der Waals surface area contributed by atoms with Gasteiger partial charge in [-0.05, 0) is 67.8 Å². The number of nitrogens with one attached hydrogen (secondary N) is 1. The molecule has 1 saturated carbocycles. The third-order valence-electron chi connectivity index (χ3n) is 6.36. The summed E-state index contributed by atoms with van der Waals surface area (Å²) in [4.78, 5) is 39.8. The summed E-state index contributed by atoms with van der Waals surface area (Å²) in [6.07, 6.45) is 2.98. The molecule has 0 radical (unpaired) electrons. The average molecular weight is 564 g/mol. The SMILES string of the molecule is CCOC(=O)c1cnc(NC2(c3ccc(C(F)(F)F)c(CCCOC(=O)c4cnc(Cl)nc4)c3)CCC2)nc1. The number of alkyl halides is 3. The predicted octanol–water partition coefficient (Wildman–Crippen LogP) is 5.40. The van der Waals surface area contributed by atoms with E-state index >= 15 is 0 Å². The van der Waals surface area contributed by atoms with E-state index in [2.05, 4.69) is 25.3 Å². The summed E-state index contributed by atoms with van der Waals surface area (Å²) >= 11 is 5.60. The standard InChI is InChI=1S/C26H25ClF3N5O4/c1-2-38-21(36)18-14-33-24(34-15-18)35-25(8-4-9-25)19-6-7-20(26(28,29)30)16(11-19)5-3-10-39-22(37)17-12-31-23(27)32-13-17/h6-7,11-15H,2-5,8-10H2,1H3,(H,33,34,35). The first-order valence-corrected chi connectivity index (χ1v) is 12.6. The second-order valence-corrected chi connectivity index (χ2v) is 9.26. The molecule has 206 valence electrons. The summed E-state index contributed by atoms with van der Waals surface area (Å²) in [5, 5.41) is 3.23. The molecule has 0 aliphatic heterocycles. The summed E-state index contributed by atoms with van der Waals surface area (Å²) in [5.41, 5.74) is -0.333. The molecule has 4 rings (SSSR count). The largest absolute Gasteiger partial charge is 0.462 e. The molecule has 1 aromatic carbocycles. The third kappa shape index (κ3) is 6.80. The van der Waals surface area contributed by atoms with Crippen molar-refractivity contribution in [3.8, 4) is 0 Å². The molecule has 0 amide bonds. The molecule has 1 fully saturated rings. The molecular weight excluding hydrogens is 539 g/mol. The van der Waals surface area contributed by atoms with Gasteiger partial charge in [-0.2, -0.15) is 13.2 Å². The molecule has 2 aromatic heterocycles. The van der Waals surface area contributed by atoms with E-state index in [1.165, 1.54) is 36.9 Å². The van der Waals surface area contributed by atoms with Crippen molar-refractivity contribution in [1.29, 1.82) is 0 Å². The first kappa shape index (κ1) is 28.2. The van der Waals surface area contributed by atoms with Crippen molar-refractivity contribution in [2.45, 2.75) is 50.7 Å². The number of hydrogen-bond acceptors (Lipinski definition) is 9. The Bertz CT molecular complexity index is 1320. The highest BCUT2D eigenvalue weighted by Crippen LogP contribution is 2.45. The Morgan fingerprint density at radius 1 is 1.00 bits per heavy atom. The summed E-state index contributed by atoms with van der Waals surface area (Å²) in [6.45, 7) is 1.82. The van der Waals surface area contributed by atoms with Crippen LogP contribution in [0, 0.1) is 0 Å². The van der Waals surface area contributed by atoms with Gasteiger partial charge in [0.15, 0.2) is 0 Å². The van der Waals surface area contributed by atoms with Crippen LogP contribution in [0.2, 0.25) is 5.28 Å². The highest BCUT2D eigenvalue weighted by atomic mass is 35.5. The number of halogens is 4. The van der Waals surface area contributed by atoms with Crippen LogP contribution in [0.1, 0.15) is 70.0 Å². The first-order valence-electron chi connectivity index (χ1n) is 12.2. The first-order chi connectivity index (χ1) is 18.6. The molecule has 1 N–H and O–H groups in total. The number of aryl methyl sites for hydroxylation is 1. The molecule has 0 unspecified atom stereocenters. The van der Waals surface area contributed by atoms with Crippen LogP contribution >= 0.6 is 11.6 Å². The van der Waals surface area contributed by atoms with E-state index in [9.17, 15) is 22.8 Å². The van der Waals surface area contributed by atoms with Crippen LogP contribution < -0.4 is 5.32 Å². The number of aromatic nitrogens is 4. The van der Waals surface area contributed by atoms with Gasteiger partial charge in [-0.15, -0.1) is 0 Å². The van der Waals surface area contributed by atoms with Crippen LogP contribution in [-0.2, 0) is 27.6 Å². The van der Waals surface area contributed by atoms with Gasteiger partial charge in [0.25, 0.3) is 0 Å². The Morgan fingerprint density at radius 3 is 2.18 bits per heavy atom. The molecule has 0 saturated heterocycles. The Morgan fingerprint density at radius 2 is 1.62 bits per heavy atom. The molecule has 0 atom stereocenters. The van der Waals surface area contributed by atoms with Crippen molar-refractivity contribution in [2.75, 3.05) is 18.5 Å². The molecule has 2 heterocycles. The topological polar surface area (TPSA) is 116 Å². The fourth-order valence-corrected chi connectivity index (χ4v) is 4.34. The third-order valence-corrected chi connectivity index (χ3v) is 6.56. The number of rotatable bonds is 10. The number of benzene rings is 1. The van der Waals surface area contributed by atoms with Crippen molar-refractivity contribution in [3.05, 3.63) is 76.1 Å².